The molecule has 0 aromatic carbocycles. The van der Waals surface area contributed by atoms with Crippen molar-refractivity contribution < 1.29 is 9.47 Å². The molecule has 0 aliphatic carbocycles. The maximum atomic E-state index is 5.53. The molecule has 5 heteroatoms. The first kappa shape index (κ1) is 12.0. The van der Waals surface area contributed by atoms with Gasteiger partial charge in [0.25, 0.3) is 0 Å². The van der Waals surface area contributed by atoms with Crippen molar-refractivity contribution in [2.45, 2.75) is 26.5 Å². The highest BCUT2D eigenvalue weighted by Crippen LogP contribution is 2.01. The summed E-state index contributed by atoms with van der Waals surface area (Å²) in [5.41, 5.74) is 5.52. The Hall–Kier alpha value is -1.07. The smallest absolute Gasteiger partial charge is 0.145 e. The van der Waals surface area contributed by atoms with E-state index >= 15 is 0 Å². The highest BCUT2D eigenvalue weighted by Gasteiger charge is 2.09. The summed E-state index contributed by atoms with van der Waals surface area (Å²) in [6.07, 6.45) is 1.88. The summed E-state index contributed by atoms with van der Waals surface area (Å²) in [7, 11) is 0. The first-order valence-corrected chi connectivity index (χ1v) is 5.24. The first-order valence-electron chi connectivity index (χ1n) is 5.24. The van der Waals surface area contributed by atoms with E-state index < -0.39 is 0 Å². The largest absolute Gasteiger partial charge is 0.382 e. The molecule has 0 spiro atoms. The Kier molecular flexibility index (Phi) is 5.14. The van der Waals surface area contributed by atoms with Crippen LogP contribution in [0.5, 0.6) is 0 Å². The molecule has 5 nitrogen and oxygen atoms in total. The van der Waals surface area contributed by atoms with Crippen molar-refractivity contribution >= 4 is 5.82 Å². The summed E-state index contributed by atoms with van der Waals surface area (Å²) in [5.74, 6) is 0.529. The third-order valence-electron chi connectivity index (χ3n) is 1.96. The highest BCUT2D eigenvalue weighted by molar-refractivity contribution is 5.23. The third kappa shape index (κ3) is 4.31. The van der Waals surface area contributed by atoms with Crippen LogP contribution in [0, 0.1) is 0 Å². The van der Waals surface area contributed by atoms with Crippen LogP contribution in [0.2, 0.25) is 0 Å². The molecule has 1 atom stereocenters. The summed E-state index contributed by atoms with van der Waals surface area (Å²) in [6.45, 7) is 6.57. The average Bonchev–Trinajstić information content (AvgIpc) is 2.61. The van der Waals surface area contributed by atoms with E-state index in [0.29, 0.717) is 32.2 Å². The van der Waals surface area contributed by atoms with Crippen LogP contribution in [0.1, 0.15) is 13.8 Å². The van der Waals surface area contributed by atoms with Gasteiger partial charge in [-0.05, 0) is 19.9 Å². The molecule has 1 aromatic rings. The lowest BCUT2D eigenvalue weighted by atomic mass is 10.4. The van der Waals surface area contributed by atoms with Crippen molar-refractivity contribution in [2.24, 2.45) is 0 Å². The first-order chi connectivity index (χ1) is 7.26. The quantitative estimate of drug-likeness (QED) is 0.731. The lowest BCUT2D eigenvalue weighted by Crippen LogP contribution is -2.26. The molecule has 2 N–H and O–H groups in total. The zero-order valence-electron chi connectivity index (χ0n) is 9.35. The molecule has 0 fully saturated rings. The fraction of sp³-hybridized carbons (Fsp3) is 0.700. The normalized spacial score (nSPS) is 12.9. The SMILES string of the molecule is CCOCC(Cn1ccc(N)n1)OCC. The van der Waals surface area contributed by atoms with Crippen LogP contribution in [0.25, 0.3) is 0 Å². The van der Waals surface area contributed by atoms with Crippen LogP contribution >= 0.6 is 0 Å². The Morgan fingerprint density at radius 1 is 1.47 bits per heavy atom. The fourth-order valence-electron chi connectivity index (χ4n) is 1.33. The molecule has 86 valence electrons. The summed E-state index contributed by atoms with van der Waals surface area (Å²) >= 11 is 0. The van der Waals surface area contributed by atoms with Crippen molar-refractivity contribution in [3.8, 4) is 0 Å². The summed E-state index contributed by atoms with van der Waals surface area (Å²) in [5, 5.41) is 4.10. The van der Waals surface area contributed by atoms with Gasteiger partial charge >= 0.3 is 0 Å². The van der Waals surface area contributed by atoms with Gasteiger partial charge in [0.1, 0.15) is 11.9 Å². The Balaban J connectivity index is 2.42. The van der Waals surface area contributed by atoms with Crippen LogP contribution in [-0.2, 0) is 16.0 Å². The van der Waals surface area contributed by atoms with E-state index in [1.807, 2.05) is 20.0 Å². The Morgan fingerprint density at radius 3 is 2.80 bits per heavy atom. The third-order valence-corrected chi connectivity index (χ3v) is 1.96. The number of nitrogens with zero attached hydrogens (tertiary/aromatic N) is 2. The number of nitrogens with two attached hydrogens (primary N) is 1. The molecule has 1 unspecified atom stereocenters. The molecule has 0 radical (unpaired) electrons. The van der Waals surface area contributed by atoms with E-state index in [4.69, 9.17) is 15.2 Å². The molecule has 1 heterocycles. The number of hydrogen-bond acceptors (Lipinski definition) is 4. The van der Waals surface area contributed by atoms with E-state index in [0.717, 1.165) is 0 Å². The molecule has 0 bridgehead atoms. The minimum absolute atomic E-state index is 0.0363. The molecule has 1 aromatic heterocycles. The molecule has 0 saturated heterocycles. The van der Waals surface area contributed by atoms with Gasteiger partial charge in [0, 0.05) is 19.4 Å². The van der Waals surface area contributed by atoms with Crippen LogP contribution < -0.4 is 5.73 Å². The molecule has 1 rings (SSSR count). The van der Waals surface area contributed by atoms with Crippen molar-refractivity contribution in [3.63, 3.8) is 0 Å². The molecule has 0 amide bonds. The van der Waals surface area contributed by atoms with E-state index in [1.54, 1.807) is 10.7 Å². The summed E-state index contributed by atoms with van der Waals surface area (Å²) in [6, 6.07) is 1.77. The van der Waals surface area contributed by atoms with E-state index in [2.05, 4.69) is 5.10 Å². The molecule has 0 aliphatic rings. The summed E-state index contributed by atoms with van der Waals surface area (Å²) in [4.78, 5) is 0. The van der Waals surface area contributed by atoms with Gasteiger partial charge in [-0.3, -0.25) is 4.68 Å². The Morgan fingerprint density at radius 2 is 2.27 bits per heavy atom. The highest BCUT2D eigenvalue weighted by atomic mass is 16.5. The number of ether oxygens (including phenoxy) is 2. The standard InChI is InChI=1S/C10H19N3O2/c1-3-14-8-9(15-4-2)7-13-6-5-10(11)12-13/h5-6,9H,3-4,7-8H2,1-2H3,(H2,11,12). The van der Waals surface area contributed by atoms with Gasteiger partial charge in [-0.1, -0.05) is 0 Å². The molecule has 0 saturated carbocycles. The maximum Gasteiger partial charge on any atom is 0.145 e. The van der Waals surface area contributed by atoms with Crippen LogP contribution in [0.3, 0.4) is 0 Å². The topological polar surface area (TPSA) is 62.3 Å². The number of hydrogen-bond donors (Lipinski definition) is 1. The predicted molar refractivity (Wildman–Crippen MR) is 58.5 cm³/mol. The lowest BCUT2D eigenvalue weighted by molar-refractivity contribution is -0.0183. The lowest BCUT2D eigenvalue weighted by Gasteiger charge is -2.16. The van der Waals surface area contributed by atoms with Gasteiger partial charge in [0.05, 0.1) is 13.2 Å². The van der Waals surface area contributed by atoms with Crippen molar-refractivity contribution in [1.29, 1.82) is 0 Å². The van der Waals surface area contributed by atoms with Gasteiger partial charge in [0.2, 0.25) is 0 Å². The minimum Gasteiger partial charge on any atom is -0.382 e. The number of nitrogen functional groups attached to an aromatic ring is 1. The average molecular weight is 213 g/mol. The van der Waals surface area contributed by atoms with E-state index in [1.165, 1.54) is 0 Å². The van der Waals surface area contributed by atoms with E-state index in [-0.39, 0.29) is 6.10 Å². The Bertz CT molecular complexity index is 275. The number of rotatable bonds is 7. The Labute approximate surface area is 90.2 Å². The van der Waals surface area contributed by atoms with Gasteiger partial charge in [-0.25, -0.2) is 0 Å². The van der Waals surface area contributed by atoms with Crippen molar-refractivity contribution in [2.75, 3.05) is 25.6 Å². The minimum atomic E-state index is 0.0363. The van der Waals surface area contributed by atoms with Gasteiger partial charge in [-0.15, -0.1) is 0 Å². The van der Waals surface area contributed by atoms with Crippen LogP contribution in [0.4, 0.5) is 5.82 Å². The van der Waals surface area contributed by atoms with Gasteiger partial charge in [-0.2, -0.15) is 5.10 Å². The number of anilines is 1. The number of aromatic nitrogens is 2. The molecular weight excluding hydrogens is 194 g/mol. The van der Waals surface area contributed by atoms with Gasteiger partial charge in [0.15, 0.2) is 0 Å². The maximum absolute atomic E-state index is 5.53. The fourth-order valence-corrected chi connectivity index (χ4v) is 1.33. The molecule has 0 aliphatic heterocycles. The van der Waals surface area contributed by atoms with Crippen LogP contribution in [-0.4, -0.2) is 35.7 Å². The monoisotopic (exact) mass is 213 g/mol. The van der Waals surface area contributed by atoms with Crippen molar-refractivity contribution in [3.05, 3.63) is 12.3 Å². The second-order valence-corrected chi connectivity index (χ2v) is 3.20. The second kappa shape index (κ2) is 6.42. The second-order valence-electron chi connectivity index (χ2n) is 3.20. The van der Waals surface area contributed by atoms with Crippen LogP contribution in [0.15, 0.2) is 12.3 Å². The molecular formula is C10H19N3O2. The van der Waals surface area contributed by atoms with Crippen molar-refractivity contribution in [1.82, 2.24) is 9.78 Å². The zero-order chi connectivity index (χ0) is 11.1. The predicted octanol–water partition coefficient (Wildman–Crippen LogP) is 0.907. The van der Waals surface area contributed by atoms with Gasteiger partial charge < -0.3 is 15.2 Å². The summed E-state index contributed by atoms with van der Waals surface area (Å²) < 4.78 is 12.6. The van der Waals surface area contributed by atoms with E-state index in [9.17, 15) is 0 Å². The molecule has 15 heavy (non-hydrogen) atoms. The zero-order valence-corrected chi connectivity index (χ0v) is 9.35.